The average molecular weight is 461 g/mol. The lowest BCUT2D eigenvalue weighted by Gasteiger charge is -2.35. The van der Waals surface area contributed by atoms with Crippen LogP contribution in [-0.2, 0) is 11.2 Å². The van der Waals surface area contributed by atoms with Gasteiger partial charge in [-0.25, -0.2) is 4.98 Å². The van der Waals surface area contributed by atoms with Gasteiger partial charge in [-0.05, 0) is 29.8 Å². The summed E-state index contributed by atoms with van der Waals surface area (Å²) in [4.78, 5) is 23.0. The first kappa shape index (κ1) is 21.9. The molecule has 1 amide bonds. The third-order valence-corrected chi connectivity index (χ3v) is 6.16. The van der Waals surface area contributed by atoms with Crippen molar-refractivity contribution in [2.75, 3.05) is 56.2 Å². The lowest BCUT2D eigenvalue weighted by molar-refractivity contribution is -0.133. The fourth-order valence-electron chi connectivity index (χ4n) is 4.27. The number of ether oxygens (including phenoxy) is 2. The summed E-state index contributed by atoms with van der Waals surface area (Å²) < 4.78 is 11.5. The molecule has 0 radical (unpaired) electrons. The molecule has 0 bridgehead atoms. The molecule has 34 heavy (non-hydrogen) atoms. The number of para-hydroxylation sites is 1. The summed E-state index contributed by atoms with van der Waals surface area (Å²) in [5.41, 5.74) is 1.18. The fraction of sp³-hybridized carbons (Fsp3) is 0.360. The van der Waals surface area contributed by atoms with E-state index in [1.165, 1.54) is 5.56 Å². The molecule has 9 nitrogen and oxygen atoms in total. The lowest BCUT2D eigenvalue weighted by Crippen LogP contribution is -2.47. The number of likely N-dealkylation sites (N-methyl/N-ethyl adjacent to an activating group) is 1. The lowest BCUT2D eigenvalue weighted by atomic mass is 10.1. The van der Waals surface area contributed by atoms with E-state index in [0.29, 0.717) is 12.4 Å². The molecule has 1 aromatic carbocycles. The molecule has 2 aromatic heterocycles. The number of carbonyl (C=O) groups excluding carboxylic acids is 1. The number of pyridine rings is 1. The smallest absolute Gasteiger partial charge is 0.260 e. The second-order valence-electron chi connectivity index (χ2n) is 8.51. The van der Waals surface area contributed by atoms with Crippen molar-refractivity contribution in [3.63, 3.8) is 0 Å². The van der Waals surface area contributed by atoms with E-state index in [4.69, 9.17) is 9.47 Å². The monoisotopic (exact) mass is 460 g/mol. The Morgan fingerprint density at radius 1 is 1.00 bits per heavy atom. The average Bonchev–Trinajstić information content (AvgIpc) is 3.30. The van der Waals surface area contributed by atoms with Gasteiger partial charge in [0.15, 0.2) is 12.4 Å². The molecule has 4 heterocycles. The second-order valence-corrected chi connectivity index (χ2v) is 8.51. The molecule has 1 saturated heterocycles. The maximum Gasteiger partial charge on any atom is 0.260 e. The van der Waals surface area contributed by atoms with E-state index in [-0.39, 0.29) is 18.6 Å². The summed E-state index contributed by atoms with van der Waals surface area (Å²) in [6, 6.07) is 17.6. The molecule has 2 aliphatic rings. The third-order valence-electron chi connectivity index (χ3n) is 6.16. The number of piperazine rings is 1. The van der Waals surface area contributed by atoms with Gasteiger partial charge >= 0.3 is 0 Å². The maximum absolute atomic E-state index is 12.5. The van der Waals surface area contributed by atoms with Gasteiger partial charge in [-0.2, -0.15) is 0 Å². The van der Waals surface area contributed by atoms with Crippen molar-refractivity contribution in [1.29, 1.82) is 0 Å². The van der Waals surface area contributed by atoms with E-state index < -0.39 is 0 Å². The van der Waals surface area contributed by atoms with Crippen LogP contribution >= 0.6 is 0 Å². The van der Waals surface area contributed by atoms with Gasteiger partial charge in [-0.3, -0.25) is 4.79 Å². The molecule has 0 aliphatic carbocycles. The Morgan fingerprint density at radius 2 is 1.76 bits per heavy atom. The van der Waals surface area contributed by atoms with Gasteiger partial charge in [0, 0.05) is 51.9 Å². The van der Waals surface area contributed by atoms with Crippen LogP contribution in [0.5, 0.6) is 11.6 Å². The van der Waals surface area contributed by atoms with Crippen molar-refractivity contribution in [2.24, 2.45) is 0 Å². The van der Waals surface area contributed by atoms with Crippen molar-refractivity contribution in [1.82, 2.24) is 20.1 Å². The number of benzene rings is 1. The summed E-state index contributed by atoms with van der Waals surface area (Å²) in [7, 11) is 1.76. The van der Waals surface area contributed by atoms with Crippen molar-refractivity contribution < 1.29 is 14.3 Å². The number of amides is 1. The summed E-state index contributed by atoms with van der Waals surface area (Å²) in [6.45, 7) is 3.82. The predicted molar refractivity (Wildman–Crippen MR) is 128 cm³/mol. The van der Waals surface area contributed by atoms with E-state index in [9.17, 15) is 4.79 Å². The number of aromatic nitrogens is 3. The number of rotatable bonds is 7. The molecular weight excluding hydrogens is 432 g/mol. The van der Waals surface area contributed by atoms with Crippen LogP contribution in [-0.4, -0.2) is 78.5 Å². The second kappa shape index (κ2) is 9.94. The molecule has 0 unspecified atom stereocenters. The number of nitrogens with zero attached hydrogens (tertiary/aromatic N) is 6. The first-order chi connectivity index (χ1) is 16.7. The van der Waals surface area contributed by atoms with Crippen LogP contribution in [0.1, 0.15) is 5.56 Å². The predicted octanol–water partition coefficient (Wildman–Crippen LogP) is 2.04. The highest BCUT2D eigenvalue weighted by molar-refractivity contribution is 5.77. The quantitative estimate of drug-likeness (QED) is 0.530. The first-order valence-corrected chi connectivity index (χ1v) is 11.5. The van der Waals surface area contributed by atoms with Gasteiger partial charge < -0.3 is 24.2 Å². The highest BCUT2D eigenvalue weighted by Gasteiger charge is 2.25. The highest BCUT2D eigenvalue weighted by atomic mass is 16.5. The number of hydrogen-bond donors (Lipinski definition) is 0. The van der Waals surface area contributed by atoms with Gasteiger partial charge in [-0.1, -0.05) is 24.3 Å². The van der Waals surface area contributed by atoms with Crippen LogP contribution in [0.25, 0.3) is 0 Å². The summed E-state index contributed by atoms with van der Waals surface area (Å²) in [5, 5.41) is 8.46. The molecular formula is C25H28N6O3. The standard InChI is InChI=1S/C25H28N6O3/c1-29(17-20-16-19-6-2-3-7-21(19)34-20)25(32)18-33-24-10-9-23(27-28-24)31-14-12-30(13-15-31)22-8-4-5-11-26-22/h2-11,20H,12-18H2,1H3/t20-/m1/s1. The van der Waals surface area contributed by atoms with Crippen LogP contribution in [0.3, 0.4) is 0 Å². The molecule has 1 fully saturated rings. The number of carbonyl (C=O) groups is 1. The van der Waals surface area contributed by atoms with Crippen molar-refractivity contribution in [2.45, 2.75) is 12.5 Å². The Kier molecular flexibility index (Phi) is 6.42. The van der Waals surface area contributed by atoms with Crippen LogP contribution < -0.4 is 19.3 Å². The molecule has 5 rings (SSSR count). The minimum Gasteiger partial charge on any atom is -0.488 e. The third kappa shape index (κ3) is 5.03. The molecule has 2 aliphatic heterocycles. The normalized spacial score (nSPS) is 17.1. The van der Waals surface area contributed by atoms with Gasteiger partial charge in [0.1, 0.15) is 17.7 Å². The Hall–Kier alpha value is -3.88. The van der Waals surface area contributed by atoms with Crippen molar-refractivity contribution in [3.05, 3.63) is 66.4 Å². The minimum absolute atomic E-state index is 0.0384. The molecule has 0 spiro atoms. The van der Waals surface area contributed by atoms with E-state index in [1.54, 1.807) is 18.0 Å². The number of anilines is 2. The highest BCUT2D eigenvalue weighted by Crippen LogP contribution is 2.28. The Labute approximate surface area is 198 Å². The molecule has 1 atom stereocenters. The van der Waals surface area contributed by atoms with E-state index in [1.807, 2.05) is 48.7 Å². The number of hydrogen-bond acceptors (Lipinski definition) is 8. The van der Waals surface area contributed by atoms with Gasteiger partial charge in [-0.15, -0.1) is 10.2 Å². The Bertz CT molecular complexity index is 1080. The zero-order valence-electron chi connectivity index (χ0n) is 19.2. The fourth-order valence-corrected chi connectivity index (χ4v) is 4.27. The topological polar surface area (TPSA) is 83.9 Å². The Morgan fingerprint density at radius 3 is 2.47 bits per heavy atom. The van der Waals surface area contributed by atoms with Crippen LogP contribution in [0.4, 0.5) is 11.6 Å². The largest absolute Gasteiger partial charge is 0.488 e. The molecule has 176 valence electrons. The molecule has 0 saturated carbocycles. The van der Waals surface area contributed by atoms with Crippen LogP contribution in [0.2, 0.25) is 0 Å². The summed E-state index contributed by atoms with van der Waals surface area (Å²) in [6.07, 6.45) is 2.58. The van der Waals surface area contributed by atoms with Crippen molar-refractivity contribution >= 4 is 17.5 Å². The zero-order valence-corrected chi connectivity index (χ0v) is 19.2. The molecule has 0 N–H and O–H groups in total. The maximum atomic E-state index is 12.5. The summed E-state index contributed by atoms with van der Waals surface area (Å²) in [5.74, 6) is 2.90. The van der Waals surface area contributed by atoms with Gasteiger partial charge in [0.25, 0.3) is 5.91 Å². The van der Waals surface area contributed by atoms with E-state index in [0.717, 1.165) is 50.0 Å². The van der Waals surface area contributed by atoms with Gasteiger partial charge in [0.2, 0.25) is 5.88 Å². The van der Waals surface area contributed by atoms with Crippen molar-refractivity contribution in [3.8, 4) is 11.6 Å². The number of fused-ring (bicyclic) bond motifs is 1. The first-order valence-electron chi connectivity index (χ1n) is 11.5. The zero-order chi connectivity index (χ0) is 23.3. The molecule has 3 aromatic rings. The Balaban J connectivity index is 1.07. The molecule has 9 heteroatoms. The SMILES string of the molecule is CN(C[C@H]1Cc2ccccc2O1)C(=O)COc1ccc(N2CCN(c3ccccn3)CC2)nn1. The summed E-state index contributed by atoms with van der Waals surface area (Å²) >= 11 is 0. The van der Waals surface area contributed by atoms with E-state index in [2.05, 4.69) is 31.0 Å². The minimum atomic E-state index is -0.129. The van der Waals surface area contributed by atoms with Crippen LogP contribution in [0.15, 0.2) is 60.8 Å². The van der Waals surface area contributed by atoms with Crippen LogP contribution in [0, 0.1) is 0 Å². The van der Waals surface area contributed by atoms with Gasteiger partial charge in [0.05, 0.1) is 6.54 Å². The van der Waals surface area contributed by atoms with E-state index >= 15 is 0 Å².